The Morgan fingerprint density at radius 1 is 1.17 bits per heavy atom. The first-order valence-corrected chi connectivity index (χ1v) is 9.19. The lowest BCUT2D eigenvalue weighted by Gasteiger charge is -2.06. The number of benzene rings is 1. The first kappa shape index (κ1) is 15.9. The summed E-state index contributed by atoms with van der Waals surface area (Å²) in [5.74, 6) is 0. The van der Waals surface area contributed by atoms with Gasteiger partial charge >= 0.3 is 0 Å². The van der Waals surface area contributed by atoms with Gasteiger partial charge in [0.1, 0.15) is 4.70 Å². The third-order valence-corrected chi connectivity index (χ3v) is 5.85. The Hall–Kier alpha value is -2.00. The lowest BCUT2D eigenvalue weighted by molar-refractivity contribution is 0.301. The van der Waals surface area contributed by atoms with Gasteiger partial charge in [0.2, 0.25) is 10.0 Å². The minimum Gasteiger partial charge on any atom is -0.395 e. The number of hydrogen-bond donors (Lipinski definition) is 3. The zero-order valence-corrected chi connectivity index (χ0v) is 13.6. The number of aliphatic hydroxyl groups excluding tert-OH is 1. The van der Waals surface area contributed by atoms with Crippen molar-refractivity contribution >= 4 is 31.4 Å². The van der Waals surface area contributed by atoms with Crippen molar-refractivity contribution in [3.8, 4) is 11.1 Å². The van der Waals surface area contributed by atoms with Crippen LogP contribution >= 0.6 is 11.3 Å². The van der Waals surface area contributed by atoms with Crippen LogP contribution in [0.2, 0.25) is 0 Å². The van der Waals surface area contributed by atoms with Gasteiger partial charge in [-0.2, -0.15) is 0 Å². The highest BCUT2D eigenvalue weighted by Gasteiger charge is 2.14. The van der Waals surface area contributed by atoms with Gasteiger partial charge in [-0.25, -0.2) is 13.1 Å². The maximum atomic E-state index is 12.0. The van der Waals surface area contributed by atoms with Crippen molar-refractivity contribution in [3.05, 3.63) is 52.3 Å². The van der Waals surface area contributed by atoms with Crippen LogP contribution < -0.4 is 10.3 Å². The molecule has 0 fully saturated rings. The van der Waals surface area contributed by atoms with Gasteiger partial charge in [0.05, 0.1) is 11.5 Å². The van der Waals surface area contributed by atoms with E-state index in [0.29, 0.717) is 4.70 Å². The van der Waals surface area contributed by atoms with Crippen molar-refractivity contribution in [1.29, 1.82) is 0 Å². The standard InChI is InChI=1S/C15H14N2O4S2/c18-8-7-17-23(20,21)11-3-1-10(2-4-11)13-9-22-14-12(13)5-6-16-15(14)19/h1-6,9,17-18H,7-8H2,(H,16,19). The van der Waals surface area contributed by atoms with Gasteiger partial charge in [0.15, 0.2) is 0 Å². The lowest BCUT2D eigenvalue weighted by Crippen LogP contribution is -2.26. The molecule has 23 heavy (non-hydrogen) atoms. The van der Waals surface area contributed by atoms with Crippen LogP contribution in [0.5, 0.6) is 0 Å². The lowest BCUT2D eigenvalue weighted by atomic mass is 10.1. The number of nitrogens with one attached hydrogen (secondary N) is 2. The number of sulfonamides is 1. The smallest absolute Gasteiger partial charge is 0.265 e. The Kier molecular flexibility index (Phi) is 4.31. The van der Waals surface area contributed by atoms with Gasteiger partial charge in [-0.15, -0.1) is 11.3 Å². The molecule has 0 radical (unpaired) electrons. The summed E-state index contributed by atoms with van der Waals surface area (Å²) in [5, 5.41) is 11.4. The zero-order chi connectivity index (χ0) is 16.4. The molecule has 0 aliphatic carbocycles. The Morgan fingerprint density at radius 3 is 2.61 bits per heavy atom. The third kappa shape index (κ3) is 3.06. The molecule has 3 N–H and O–H groups in total. The van der Waals surface area contributed by atoms with Crippen LogP contribution in [0.4, 0.5) is 0 Å². The summed E-state index contributed by atoms with van der Waals surface area (Å²) in [6.45, 7) is -0.283. The number of pyridine rings is 1. The number of thiophene rings is 1. The van der Waals surface area contributed by atoms with Gasteiger partial charge in [-0.1, -0.05) is 12.1 Å². The van der Waals surface area contributed by atoms with Gasteiger partial charge in [0, 0.05) is 29.1 Å². The van der Waals surface area contributed by atoms with E-state index in [1.54, 1.807) is 18.3 Å². The SMILES string of the molecule is O=c1[nH]ccc2c(-c3ccc(S(=O)(=O)NCCO)cc3)csc12. The van der Waals surface area contributed by atoms with Gasteiger partial charge < -0.3 is 10.1 Å². The molecule has 0 amide bonds. The van der Waals surface area contributed by atoms with Crippen molar-refractivity contribution in [2.75, 3.05) is 13.2 Å². The van der Waals surface area contributed by atoms with Gasteiger partial charge in [0.25, 0.3) is 5.56 Å². The summed E-state index contributed by atoms with van der Waals surface area (Å²) < 4.78 is 26.9. The number of fused-ring (bicyclic) bond motifs is 1. The van der Waals surface area contributed by atoms with Crippen LogP contribution in [-0.4, -0.2) is 31.7 Å². The van der Waals surface area contributed by atoms with Crippen molar-refractivity contribution in [1.82, 2.24) is 9.71 Å². The number of hydrogen-bond acceptors (Lipinski definition) is 5. The van der Waals surface area contributed by atoms with Gasteiger partial charge in [-0.05, 0) is 23.8 Å². The number of aromatic amines is 1. The van der Waals surface area contributed by atoms with Crippen LogP contribution in [0.15, 0.2) is 51.6 Å². The van der Waals surface area contributed by atoms with Crippen LogP contribution in [-0.2, 0) is 10.0 Å². The second-order valence-electron chi connectivity index (χ2n) is 4.84. The molecule has 120 valence electrons. The topological polar surface area (TPSA) is 99.3 Å². The molecule has 6 nitrogen and oxygen atoms in total. The highest BCUT2D eigenvalue weighted by molar-refractivity contribution is 7.89. The van der Waals surface area contributed by atoms with Crippen molar-refractivity contribution in [2.24, 2.45) is 0 Å². The molecule has 0 aliphatic rings. The number of aromatic nitrogens is 1. The molecular formula is C15H14N2O4S2. The second kappa shape index (κ2) is 6.25. The maximum Gasteiger partial charge on any atom is 0.265 e. The largest absolute Gasteiger partial charge is 0.395 e. The van der Waals surface area contributed by atoms with E-state index in [1.807, 2.05) is 11.4 Å². The fourth-order valence-corrected chi connectivity index (χ4v) is 4.27. The predicted octanol–water partition coefficient (Wildman–Crippen LogP) is 1.53. The van der Waals surface area contributed by atoms with Crippen molar-refractivity contribution < 1.29 is 13.5 Å². The highest BCUT2D eigenvalue weighted by atomic mass is 32.2. The summed E-state index contributed by atoms with van der Waals surface area (Å²) in [4.78, 5) is 14.5. The minimum absolute atomic E-state index is 0.0258. The number of aliphatic hydroxyl groups is 1. The van der Waals surface area contributed by atoms with Crippen LogP contribution in [0.25, 0.3) is 21.2 Å². The van der Waals surface area contributed by atoms with E-state index in [9.17, 15) is 13.2 Å². The molecule has 0 unspecified atom stereocenters. The summed E-state index contributed by atoms with van der Waals surface area (Å²) in [6.07, 6.45) is 1.60. The molecule has 0 bridgehead atoms. The maximum absolute atomic E-state index is 12.0. The highest BCUT2D eigenvalue weighted by Crippen LogP contribution is 2.32. The summed E-state index contributed by atoms with van der Waals surface area (Å²) >= 11 is 1.35. The fourth-order valence-electron chi connectivity index (χ4n) is 2.28. The molecule has 3 rings (SSSR count). The van der Waals surface area contributed by atoms with E-state index >= 15 is 0 Å². The molecule has 0 aliphatic heterocycles. The first-order chi connectivity index (χ1) is 11.0. The monoisotopic (exact) mass is 350 g/mol. The molecule has 0 spiro atoms. The molecular weight excluding hydrogens is 336 g/mol. The first-order valence-electron chi connectivity index (χ1n) is 6.83. The van der Waals surface area contributed by atoms with Crippen LogP contribution in [0.1, 0.15) is 0 Å². The van der Waals surface area contributed by atoms with E-state index in [-0.39, 0.29) is 23.6 Å². The normalized spacial score (nSPS) is 11.9. The molecule has 0 atom stereocenters. The summed E-state index contributed by atoms with van der Waals surface area (Å²) in [5.41, 5.74) is 1.59. The third-order valence-electron chi connectivity index (χ3n) is 3.38. The minimum atomic E-state index is -3.62. The van der Waals surface area contributed by atoms with E-state index in [2.05, 4.69) is 9.71 Å². The Balaban J connectivity index is 1.99. The van der Waals surface area contributed by atoms with Crippen molar-refractivity contribution in [3.63, 3.8) is 0 Å². The number of rotatable bonds is 5. The molecule has 2 aromatic heterocycles. The van der Waals surface area contributed by atoms with E-state index in [1.165, 1.54) is 23.5 Å². The Bertz CT molecular complexity index is 988. The Labute approximate surface area is 136 Å². The molecule has 3 aromatic rings. The van der Waals surface area contributed by atoms with E-state index in [4.69, 9.17) is 5.11 Å². The average molecular weight is 350 g/mol. The Morgan fingerprint density at radius 2 is 1.91 bits per heavy atom. The van der Waals surface area contributed by atoms with Gasteiger partial charge in [-0.3, -0.25) is 4.79 Å². The summed E-state index contributed by atoms with van der Waals surface area (Å²) in [6, 6.07) is 8.25. The van der Waals surface area contributed by atoms with E-state index in [0.717, 1.165) is 16.5 Å². The zero-order valence-electron chi connectivity index (χ0n) is 11.9. The second-order valence-corrected chi connectivity index (χ2v) is 7.49. The summed E-state index contributed by atoms with van der Waals surface area (Å²) in [7, 11) is -3.62. The predicted molar refractivity (Wildman–Crippen MR) is 90.2 cm³/mol. The molecule has 0 saturated carbocycles. The fraction of sp³-hybridized carbons (Fsp3) is 0.133. The quantitative estimate of drug-likeness (QED) is 0.650. The molecule has 1 aromatic carbocycles. The number of H-pyrrole nitrogens is 1. The molecule has 2 heterocycles. The van der Waals surface area contributed by atoms with Crippen LogP contribution in [0, 0.1) is 0 Å². The van der Waals surface area contributed by atoms with E-state index < -0.39 is 10.0 Å². The van der Waals surface area contributed by atoms with Crippen molar-refractivity contribution in [2.45, 2.75) is 4.90 Å². The molecule has 0 saturated heterocycles. The van der Waals surface area contributed by atoms with Crippen LogP contribution in [0.3, 0.4) is 0 Å². The molecule has 8 heteroatoms. The average Bonchev–Trinajstić information content (AvgIpc) is 2.98.